The maximum atomic E-state index is 12.5. The minimum atomic E-state index is -3.66. The van der Waals surface area contributed by atoms with Gasteiger partial charge in [0.25, 0.3) is 10.0 Å². The van der Waals surface area contributed by atoms with Crippen LogP contribution in [0.3, 0.4) is 0 Å². The van der Waals surface area contributed by atoms with Crippen LogP contribution in [0.25, 0.3) is 11.3 Å². The van der Waals surface area contributed by atoms with E-state index in [0.717, 1.165) is 11.1 Å². The van der Waals surface area contributed by atoms with Gasteiger partial charge in [-0.25, -0.2) is 13.4 Å². The van der Waals surface area contributed by atoms with Crippen LogP contribution < -0.4 is 10.0 Å². The number of aryl methyl sites for hydroxylation is 1. The van der Waals surface area contributed by atoms with Crippen molar-refractivity contribution in [2.24, 2.45) is 0 Å². The van der Waals surface area contributed by atoms with E-state index in [1.807, 2.05) is 13.0 Å². The summed E-state index contributed by atoms with van der Waals surface area (Å²) in [7, 11) is -3.66. The standard InChI is InChI=1S/C18H17N3O3S2/c1-12-6-8-16(9-7-12)26(23,24)21-15-5-3-4-14(10-15)17-11-25-18(20-17)19-13(2)22/h3-11,21H,1-2H3,(H,19,20,22). The van der Waals surface area contributed by atoms with Crippen molar-refractivity contribution in [1.82, 2.24) is 4.98 Å². The molecule has 2 aromatic carbocycles. The van der Waals surface area contributed by atoms with Crippen LogP contribution in [-0.4, -0.2) is 19.3 Å². The molecule has 2 N–H and O–H groups in total. The van der Waals surface area contributed by atoms with Crippen molar-refractivity contribution in [2.45, 2.75) is 18.7 Å². The monoisotopic (exact) mass is 387 g/mol. The Morgan fingerprint density at radius 1 is 1.12 bits per heavy atom. The Balaban J connectivity index is 1.84. The molecule has 0 fully saturated rings. The summed E-state index contributed by atoms with van der Waals surface area (Å²) < 4.78 is 27.6. The fourth-order valence-corrected chi connectivity index (χ4v) is 4.10. The first-order chi connectivity index (χ1) is 12.3. The highest BCUT2D eigenvalue weighted by Crippen LogP contribution is 2.27. The predicted molar refractivity (Wildman–Crippen MR) is 104 cm³/mol. The third-order valence-corrected chi connectivity index (χ3v) is 5.68. The van der Waals surface area contributed by atoms with Gasteiger partial charge in [-0.15, -0.1) is 11.3 Å². The van der Waals surface area contributed by atoms with Gasteiger partial charge in [0.1, 0.15) is 0 Å². The molecule has 0 bridgehead atoms. The molecular weight excluding hydrogens is 370 g/mol. The quantitative estimate of drug-likeness (QED) is 0.695. The fourth-order valence-electron chi connectivity index (χ4n) is 2.29. The van der Waals surface area contributed by atoms with Gasteiger partial charge in [-0.3, -0.25) is 9.52 Å². The van der Waals surface area contributed by atoms with E-state index in [1.165, 1.54) is 18.3 Å². The summed E-state index contributed by atoms with van der Waals surface area (Å²) in [6, 6.07) is 13.6. The van der Waals surface area contributed by atoms with E-state index >= 15 is 0 Å². The molecule has 26 heavy (non-hydrogen) atoms. The van der Waals surface area contributed by atoms with Gasteiger partial charge in [-0.05, 0) is 31.2 Å². The molecule has 0 saturated heterocycles. The average molecular weight is 387 g/mol. The van der Waals surface area contributed by atoms with Crippen molar-refractivity contribution < 1.29 is 13.2 Å². The minimum absolute atomic E-state index is 0.189. The Labute approximate surface area is 156 Å². The molecule has 6 nitrogen and oxygen atoms in total. The number of sulfonamides is 1. The van der Waals surface area contributed by atoms with Crippen molar-refractivity contribution in [2.75, 3.05) is 10.0 Å². The molecule has 0 radical (unpaired) electrons. The zero-order chi connectivity index (χ0) is 18.7. The molecule has 0 aliphatic heterocycles. The molecule has 8 heteroatoms. The summed E-state index contributed by atoms with van der Waals surface area (Å²) >= 11 is 1.31. The molecule has 0 aliphatic carbocycles. The van der Waals surface area contributed by atoms with Crippen LogP contribution in [0.15, 0.2) is 58.8 Å². The average Bonchev–Trinajstić information content (AvgIpc) is 3.03. The van der Waals surface area contributed by atoms with Crippen LogP contribution in [0.2, 0.25) is 0 Å². The number of nitrogens with one attached hydrogen (secondary N) is 2. The Bertz CT molecular complexity index is 1040. The van der Waals surface area contributed by atoms with Gasteiger partial charge in [0.05, 0.1) is 10.6 Å². The number of hydrogen-bond donors (Lipinski definition) is 2. The fraction of sp³-hybridized carbons (Fsp3) is 0.111. The zero-order valence-corrected chi connectivity index (χ0v) is 15.8. The summed E-state index contributed by atoms with van der Waals surface area (Å²) in [6.07, 6.45) is 0. The summed E-state index contributed by atoms with van der Waals surface area (Å²) in [6.45, 7) is 3.32. The molecule has 1 aromatic heterocycles. The number of hydrogen-bond acceptors (Lipinski definition) is 5. The van der Waals surface area contributed by atoms with Gasteiger partial charge in [-0.1, -0.05) is 29.8 Å². The Morgan fingerprint density at radius 2 is 1.85 bits per heavy atom. The van der Waals surface area contributed by atoms with E-state index in [2.05, 4.69) is 15.0 Å². The number of rotatable bonds is 5. The smallest absolute Gasteiger partial charge is 0.261 e. The second-order valence-corrected chi connectivity index (χ2v) is 8.26. The number of anilines is 2. The van der Waals surface area contributed by atoms with Crippen molar-refractivity contribution in [1.29, 1.82) is 0 Å². The molecule has 0 spiro atoms. The summed E-state index contributed by atoms with van der Waals surface area (Å²) in [5.74, 6) is -0.189. The second kappa shape index (κ2) is 7.27. The van der Waals surface area contributed by atoms with Crippen LogP contribution >= 0.6 is 11.3 Å². The Hall–Kier alpha value is -2.71. The molecule has 1 amide bonds. The van der Waals surface area contributed by atoms with Gasteiger partial charge < -0.3 is 5.32 Å². The van der Waals surface area contributed by atoms with Crippen LogP contribution in [0.4, 0.5) is 10.8 Å². The third-order valence-electron chi connectivity index (χ3n) is 3.53. The molecule has 0 atom stereocenters. The maximum absolute atomic E-state index is 12.5. The lowest BCUT2D eigenvalue weighted by Gasteiger charge is -2.09. The van der Waals surface area contributed by atoms with Crippen LogP contribution in [0.1, 0.15) is 12.5 Å². The van der Waals surface area contributed by atoms with Crippen LogP contribution in [0, 0.1) is 6.92 Å². The first-order valence-corrected chi connectivity index (χ1v) is 10.1. The van der Waals surface area contributed by atoms with Gasteiger partial charge in [0, 0.05) is 23.6 Å². The molecule has 3 aromatic rings. The summed E-state index contributed by atoms with van der Waals surface area (Å²) in [4.78, 5) is 15.6. The van der Waals surface area contributed by atoms with Gasteiger partial charge in [0.15, 0.2) is 5.13 Å². The van der Waals surface area contributed by atoms with E-state index in [4.69, 9.17) is 0 Å². The number of benzene rings is 2. The number of nitrogens with zero attached hydrogens (tertiary/aromatic N) is 1. The summed E-state index contributed by atoms with van der Waals surface area (Å²) in [5.41, 5.74) is 2.85. The molecule has 3 rings (SSSR count). The molecule has 0 unspecified atom stereocenters. The molecule has 134 valence electrons. The first-order valence-electron chi connectivity index (χ1n) is 7.76. The largest absolute Gasteiger partial charge is 0.302 e. The second-order valence-electron chi connectivity index (χ2n) is 5.72. The predicted octanol–water partition coefficient (Wildman–Crippen LogP) is 3.88. The third kappa shape index (κ3) is 4.27. The van der Waals surface area contributed by atoms with Crippen LogP contribution in [-0.2, 0) is 14.8 Å². The number of carbonyl (C=O) groups is 1. The zero-order valence-electron chi connectivity index (χ0n) is 14.2. The Kier molecular flexibility index (Phi) is 5.06. The number of amides is 1. The highest BCUT2D eigenvalue weighted by molar-refractivity contribution is 7.92. The van der Waals surface area contributed by atoms with Crippen molar-refractivity contribution in [3.63, 3.8) is 0 Å². The number of carbonyl (C=O) groups excluding carboxylic acids is 1. The topological polar surface area (TPSA) is 88.2 Å². The molecule has 0 aliphatic rings. The lowest BCUT2D eigenvalue weighted by atomic mass is 10.1. The Morgan fingerprint density at radius 3 is 2.54 bits per heavy atom. The number of thiazole rings is 1. The van der Waals surface area contributed by atoms with E-state index in [0.29, 0.717) is 16.5 Å². The van der Waals surface area contributed by atoms with E-state index in [1.54, 1.807) is 47.8 Å². The van der Waals surface area contributed by atoms with Gasteiger partial charge in [-0.2, -0.15) is 0 Å². The molecule has 1 heterocycles. The normalized spacial score (nSPS) is 11.2. The van der Waals surface area contributed by atoms with Crippen LogP contribution in [0.5, 0.6) is 0 Å². The van der Waals surface area contributed by atoms with Crippen molar-refractivity contribution in [3.05, 3.63) is 59.5 Å². The van der Waals surface area contributed by atoms with E-state index in [-0.39, 0.29) is 10.8 Å². The molecular formula is C18H17N3O3S2. The lowest BCUT2D eigenvalue weighted by molar-refractivity contribution is -0.114. The maximum Gasteiger partial charge on any atom is 0.261 e. The van der Waals surface area contributed by atoms with Gasteiger partial charge >= 0.3 is 0 Å². The van der Waals surface area contributed by atoms with E-state index < -0.39 is 10.0 Å². The molecule has 0 saturated carbocycles. The van der Waals surface area contributed by atoms with E-state index in [9.17, 15) is 13.2 Å². The van der Waals surface area contributed by atoms with Crippen molar-refractivity contribution in [3.8, 4) is 11.3 Å². The first kappa shape index (κ1) is 18.1. The minimum Gasteiger partial charge on any atom is -0.302 e. The number of aromatic nitrogens is 1. The summed E-state index contributed by atoms with van der Waals surface area (Å²) in [5, 5.41) is 4.93. The highest BCUT2D eigenvalue weighted by atomic mass is 32.2. The van der Waals surface area contributed by atoms with Crippen molar-refractivity contribution >= 4 is 38.1 Å². The highest BCUT2D eigenvalue weighted by Gasteiger charge is 2.14. The van der Waals surface area contributed by atoms with Gasteiger partial charge in [0.2, 0.25) is 5.91 Å². The SMILES string of the molecule is CC(=O)Nc1nc(-c2cccc(NS(=O)(=O)c3ccc(C)cc3)c2)cs1. The lowest BCUT2D eigenvalue weighted by Crippen LogP contribution is -2.12.